The van der Waals surface area contributed by atoms with Gasteiger partial charge in [0.15, 0.2) is 0 Å². The molecule has 0 unspecified atom stereocenters. The van der Waals surface area contributed by atoms with E-state index in [0.717, 1.165) is 0 Å². The van der Waals surface area contributed by atoms with Crippen LogP contribution in [0.3, 0.4) is 0 Å². The minimum atomic E-state index is -5.20. The van der Waals surface area contributed by atoms with Gasteiger partial charge in [-0.2, -0.15) is 13.2 Å². The highest BCUT2D eigenvalue weighted by atomic mass is 19.4. The molecular formula is C10H8F5NO3. The first-order valence-electron chi connectivity index (χ1n) is 4.94. The number of esters is 1. The Labute approximate surface area is 103 Å². The molecule has 0 bridgehead atoms. The number of hydrogen-bond donors (Lipinski definition) is 1. The van der Waals surface area contributed by atoms with Gasteiger partial charge in [0.25, 0.3) is 6.43 Å². The second-order valence-electron chi connectivity index (χ2n) is 3.30. The number of hydrogen-bond acceptors (Lipinski definition) is 4. The van der Waals surface area contributed by atoms with Crippen LogP contribution in [0.15, 0.2) is 6.20 Å². The van der Waals surface area contributed by atoms with Crippen LogP contribution in [-0.2, 0) is 10.9 Å². The topological polar surface area (TPSA) is 59.4 Å². The van der Waals surface area contributed by atoms with E-state index in [0.29, 0.717) is 0 Å². The van der Waals surface area contributed by atoms with Gasteiger partial charge in [0, 0.05) is 0 Å². The van der Waals surface area contributed by atoms with E-state index in [-0.39, 0.29) is 12.8 Å². The van der Waals surface area contributed by atoms with E-state index in [4.69, 9.17) is 5.11 Å². The van der Waals surface area contributed by atoms with Crippen molar-refractivity contribution in [3.8, 4) is 5.75 Å². The molecular weight excluding hydrogens is 277 g/mol. The van der Waals surface area contributed by atoms with Crippen molar-refractivity contribution in [2.75, 3.05) is 6.61 Å². The van der Waals surface area contributed by atoms with E-state index >= 15 is 0 Å². The SMILES string of the molecule is CCOC(=O)c1c(C(F)F)ncc(O)c1C(F)(F)F. The van der Waals surface area contributed by atoms with E-state index in [9.17, 15) is 26.7 Å². The Bertz CT molecular complexity index is 487. The van der Waals surface area contributed by atoms with Crippen LogP contribution in [0.2, 0.25) is 0 Å². The molecule has 0 fully saturated rings. The highest BCUT2D eigenvalue weighted by Crippen LogP contribution is 2.40. The molecule has 0 aliphatic rings. The maximum absolute atomic E-state index is 12.7. The Kier molecular flexibility index (Phi) is 4.28. The molecule has 0 spiro atoms. The van der Waals surface area contributed by atoms with Crippen LogP contribution in [0, 0.1) is 0 Å². The second-order valence-corrected chi connectivity index (χ2v) is 3.30. The number of aromatic hydroxyl groups is 1. The number of carbonyl (C=O) groups excluding carboxylic acids is 1. The molecule has 0 aromatic carbocycles. The lowest BCUT2D eigenvalue weighted by molar-refractivity contribution is -0.139. The summed E-state index contributed by atoms with van der Waals surface area (Å²) in [6, 6.07) is 0. The zero-order chi connectivity index (χ0) is 14.8. The fraction of sp³-hybridized carbons (Fsp3) is 0.400. The summed E-state index contributed by atoms with van der Waals surface area (Å²) in [7, 11) is 0. The van der Waals surface area contributed by atoms with Crippen LogP contribution in [0.5, 0.6) is 5.75 Å². The Hall–Kier alpha value is -1.93. The summed E-state index contributed by atoms with van der Waals surface area (Å²) in [6.45, 7) is 0.984. The molecule has 0 aliphatic carbocycles. The van der Waals surface area contributed by atoms with E-state index in [1.165, 1.54) is 6.92 Å². The quantitative estimate of drug-likeness (QED) is 0.685. The molecule has 1 N–H and O–H groups in total. The molecule has 0 atom stereocenters. The van der Waals surface area contributed by atoms with E-state index in [2.05, 4.69) is 9.72 Å². The molecule has 9 heteroatoms. The zero-order valence-electron chi connectivity index (χ0n) is 9.46. The summed E-state index contributed by atoms with van der Waals surface area (Å²) in [4.78, 5) is 14.3. The molecule has 0 radical (unpaired) electrons. The standard InChI is InChI=1S/C10H8F5NO3/c1-2-19-9(18)5-6(10(13,14)15)4(17)3-16-7(5)8(11)12/h3,8,17H,2H2,1H3. The number of carbonyl (C=O) groups is 1. The number of halogens is 5. The highest BCUT2D eigenvalue weighted by molar-refractivity contribution is 5.93. The lowest BCUT2D eigenvalue weighted by Crippen LogP contribution is -2.19. The minimum absolute atomic E-state index is 0.215. The Balaban J connectivity index is 3.60. The first kappa shape index (κ1) is 15.1. The molecule has 0 saturated heterocycles. The molecule has 19 heavy (non-hydrogen) atoms. The van der Waals surface area contributed by atoms with Gasteiger partial charge < -0.3 is 9.84 Å². The number of ether oxygens (including phenoxy) is 1. The predicted octanol–water partition coefficient (Wildman–Crippen LogP) is 2.92. The Morgan fingerprint density at radius 2 is 2.05 bits per heavy atom. The summed E-state index contributed by atoms with van der Waals surface area (Å²) in [5.74, 6) is -3.03. The number of pyridine rings is 1. The van der Waals surface area contributed by atoms with Crippen LogP contribution in [0.1, 0.15) is 35.0 Å². The average Bonchev–Trinajstić information content (AvgIpc) is 2.26. The largest absolute Gasteiger partial charge is 0.506 e. The van der Waals surface area contributed by atoms with Gasteiger partial charge in [0.2, 0.25) is 0 Å². The molecule has 0 aliphatic heterocycles. The van der Waals surface area contributed by atoms with Gasteiger partial charge in [-0.15, -0.1) is 0 Å². The molecule has 106 valence electrons. The third-order valence-corrected chi connectivity index (χ3v) is 2.06. The molecule has 1 aromatic heterocycles. The van der Waals surface area contributed by atoms with Crippen LogP contribution < -0.4 is 0 Å². The van der Waals surface area contributed by atoms with E-state index < -0.39 is 41.1 Å². The van der Waals surface area contributed by atoms with Gasteiger partial charge in [-0.25, -0.2) is 13.6 Å². The van der Waals surface area contributed by atoms with Gasteiger partial charge in [0.05, 0.1) is 12.8 Å². The monoisotopic (exact) mass is 285 g/mol. The Morgan fingerprint density at radius 3 is 2.47 bits per heavy atom. The summed E-state index contributed by atoms with van der Waals surface area (Å²) in [5.41, 5.74) is -4.73. The zero-order valence-corrected chi connectivity index (χ0v) is 9.46. The molecule has 1 heterocycles. The van der Waals surface area contributed by atoms with Gasteiger partial charge >= 0.3 is 12.1 Å². The number of aromatic nitrogens is 1. The summed E-state index contributed by atoms with van der Waals surface area (Å²) < 4.78 is 67.6. The third-order valence-electron chi connectivity index (χ3n) is 2.06. The summed E-state index contributed by atoms with van der Waals surface area (Å²) >= 11 is 0. The van der Waals surface area contributed by atoms with Crippen molar-refractivity contribution in [1.29, 1.82) is 0 Å². The van der Waals surface area contributed by atoms with Crippen molar-refractivity contribution in [3.05, 3.63) is 23.0 Å². The first-order valence-corrected chi connectivity index (χ1v) is 4.94. The number of rotatable bonds is 3. The van der Waals surface area contributed by atoms with E-state index in [1.54, 1.807) is 0 Å². The maximum atomic E-state index is 12.7. The maximum Gasteiger partial charge on any atom is 0.420 e. The van der Waals surface area contributed by atoms with Crippen molar-refractivity contribution in [2.24, 2.45) is 0 Å². The number of nitrogens with zero attached hydrogens (tertiary/aromatic N) is 1. The lowest BCUT2D eigenvalue weighted by Gasteiger charge is -2.16. The Morgan fingerprint density at radius 1 is 1.47 bits per heavy atom. The summed E-state index contributed by atoms with van der Waals surface area (Å²) in [6.07, 6.45) is -8.40. The third kappa shape index (κ3) is 3.09. The van der Waals surface area contributed by atoms with Crippen molar-refractivity contribution in [1.82, 2.24) is 4.98 Å². The molecule has 1 rings (SSSR count). The first-order chi connectivity index (χ1) is 8.70. The fourth-order valence-corrected chi connectivity index (χ4v) is 1.38. The normalized spacial score (nSPS) is 11.7. The molecule has 4 nitrogen and oxygen atoms in total. The van der Waals surface area contributed by atoms with Crippen molar-refractivity contribution < 1.29 is 36.6 Å². The number of alkyl halides is 5. The minimum Gasteiger partial charge on any atom is -0.506 e. The van der Waals surface area contributed by atoms with Crippen molar-refractivity contribution in [2.45, 2.75) is 19.5 Å². The van der Waals surface area contributed by atoms with E-state index in [1.807, 2.05) is 0 Å². The van der Waals surface area contributed by atoms with Crippen LogP contribution >= 0.6 is 0 Å². The molecule has 0 saturated carbocycles. The highest BCUT2D eigenvalue weighted by Gasteiger charge is 2.42. The van der Waals surface area contributed by atoms with Crippen LogP contribution in [0.25, 0.3) is 0 Å². The molecule has 1 aromatic rings. The molecule has 0 amide bonds. The van der Waals surface area contributed by atoms with Gasteiger partial charge in [-0.05, 0) is 6.92 Å². The van der Waals surface area contributed by atoms with Gasteiger partial charge in [0.1, 0.15) is 22.6 Å². The fourth-order valence-electron chi connectivity index (χ4n) is 1.38. The van der Waals surface area contributed by atoms with Crippen molar-refractivity contribution >= 4 is 5.97 Å². The second kappa shape index (κ2) is 5.37. The van der Waals surface area contributed by atoms with Crippen LogP contribution in [0.4, 0.5) is 22.0 Å². The lowest BCUT2D eigenvalue weighted by atomic mass is 10.0. The van der Waals surface area contributed by atoms with Crippen molar-refractivity contribution in [3.63, 3.8) is 0 Å². The van der Waals surface area contributed by atoms with Gasteiger partial charge in [-0.1, -0.05) is 0 Å². The smallest absolute Gasteiger partial charge is 0.420 e. The predicted molar refractivity (Wildman–Crippen MR) is 51.8 cm³/mol. The van der Waals surface area contributed by atoms with Gasteiger partial charge in [-0.3, -0.25) is 4.98 Å². The average molecular weight is 285 g/mol. The van der Waals surface area contributed by atoms with Crippen LogP contribution in [-0.4, -0.2) is 22.7 Å². The summed E-state index contributed by atoms with van der Waals surface area (Å²) in [5, 5.41) is 9.12.